The molecular formula is C10H6F2N2. The largest absolute Gasteiger partial charge is 0.253 e. The fourth-order valence-electron chi connectivity index (χ4n) is 1.15. The second-order valence-corrected chi connectivity index (χ2v) is 2.70. The van der Waals surface area contributed by atoms with E-state index in [-0.39, 0.29) is 5.69 Å². The first-order chi connectivity index (χ1) is 6.77. The van der Waals surface area contributed by atoms with E-state index in [0.29, 0.717) is 5.56 Å². The minimum atomic E-state index is -0.646. The molecule has 2 aromatic heterocycles. The predicted octanol–water partition coefficient (Wildman–Crippen LogP) is 2.42. The number of halogens is 2. The lowest BCUT2D eigenvalue weighted by Crippen LogP contribution is -1.90. The summed E-state index contributed by atoms with van der Waals surface area (Å²) in [6, 6.07) is 5.41. The minimum absolute atomic E-state index is 0.133. The van der Waals surface area contributed by atoms with Crippen molar-refractivity contribution < 1.29 is 8.78 Å². The van der Waals surface area contributed by atoms with Gasteiger partial charge in [-0.25, -0.2) is 9.37 Å². The molecule has 0 aliphatic heterocycles. The van der Waals surface area contributed by atoms with Crippen LogP contribution in [0.25, 0.3) is 11.3 Å². The summed E-state index contributed by atoms with van der Waals surface area (Å²) < 4.78 is 25.9. The second-order valence-electron chi connectivity index (χ2n) is 2.70. The lowest BCUT2D eigenvalue weighted by atomic mass is 10.2. The van der Waals surface area contributed by atoms with Gasteiger partial charge in [0.2, 0.25) is 5.95 Å². The van der Waals surface area contributed by atoms with Gasteiger partial charge in [-0.2, -0.15) is 4.39 Å². The molecule has 0 aliphatic rings. The molecule has 0 amide bonds. The van der Waals surface area contributed by atoms with Crippen LogP contribution in [0.2, 0.25) is 0 Å². The maximum absolute atomic E-state index is 13.2. The molecule has 0 radical (unpaired) electrons. The molecule has 70 valence electrons. The van der Waals surface area contributed by atoms with E-state index in [4.69, 9.17) is 0 Å². The second kappa shape index (κ2) is 3.49. The van der Waals surface area contributed by atoms with E-state index in [1.807, 2.05) is 0 Å². The summed E-state index contributed by atoms with van der Waals surface area (Å²) in [5.41, 5.74) is 0.518. The van der Waals surface area contributed by atoms with Crippen molar-refractivity contribution >= 4 is 0 Å². The van der Waals surface area contributed by atoms with Crippen molar-refractivity contribution in [2.24, 2.45) is 0 Å². The average Bonchev–Trinajstić information content (AvgIpc) is 2.18. The monoisotopic (exact) mass is 192 g/mol. The van der Waals surface area contributed by atoms with Gasteiger partial charge in [0.25, 0.3) is 0 Å². The molecule has 2 heterocycles. The van der Waals surface area contributed by atoms with Crippen LogP contribution >= 0.6 is 0 Å². The Morgan fingerprint density at radius 1 is 1.00 bits per heavy atom. The molecule has 0 spiro atoms. The Bertz CT molecular complexity index is 457. The van der Waals surface area contributed by atoms with Crippen LogP contribution in [0.3, 0.4) is 0 Å². The SMILES string of the molecule is Fc1cc(-c2ncccc2F)ccn1. The molecule has 0 unspecified atom stereocenters. The third-order valence-corrected chi connectivity index (χ3v) is 1.76. The molecule has 0 saturated carbocycles. The summed E-state index contributed by atoms with van der Waals surface area (Å²) in [7, 11) is 0. The van der Waals surface area contributed by atoms with Crippen molar-refractivity contribution in [2.45, 2.75) is 0 Å². The normalized spacial score (nSPS) is 10.1. The first kappa shape index (κ1) is 8.74. The average molecular weight is 192 g/mol. The first-order valence-corrected chi connectivity index (χ1v) is 4.00. The van der Waals surface area contributed by atoms with Crippen molar-refractivity contribution in [1.29, 1.82) is 0 Å². The number of aromatic nitrogens is 2. The van der Waals surface area contributed by atoms with Gasteiger partial charge in [0, 0.05) is 24.0 Å². The molecule has 0 aliphatic carbocycles. The van der Waals surface area contributed by atoms with Crippen LogP contribution < -0.4 is 0 Å². The number of hydrogen-bond acceptors (Lipinski definition) is 2. The highest BCUT2D eigenvalue weighted by molar-refractivity contribution is 5.58. The molecular weight excluding hydrogens is 186 g/mol. The molecule has 2 rings (SSSR count). The van der Waals surface area contributed by atoms with E-state index in [0.717, 1.165) is 6.07 Å². The Hall–Kier alpha value is -1.84. The molecule has 4 heteroatoms. The topological polar surface area (TPSA) is 25.8 Å². The molecule has 0 aromatic carbocycles. The summed E-state index contributed by atoms with van der Waals surface area (Å²) in [5, 5.41) is 0. The summed E-state index contributed by atoms with van der Waals surface area (Å²) in [5.74, 6) is -1.12. The molecule has 0 saturated heterocycles. The first-order valence-electron chi connectivity index (χ1n) is 4.00. The van der Waals surface area contributed by atoms with Crippen molar-refractivity contribution in [2.75, 3.05) is 0 Å². The van der Waals surface area contributed by atoms with E-state index in [9.17, 15) is 8.78 Å². The molecule has 0 bridgehead atoms. The Labute approximate surface area is 79.3 Å². The Kier molecular flexibility index (Phi) is 2.18. The van der Waals surface area contributed by atoms with Crippen LogP contribution in [0.1, 0.15) is 0 Å². The highest BCUT2D eigenvalue weighted by Gasteiger charge is 2.06. The van der Waals surface area contributed by atoms with Crippen LogP contribution in [0, 0.1) is 11.8 Å². The summed E-state index contributed by atoms with van der Waals surface area (Å²) in [6.45, 7) is 0. The van der Waals surface area contributed by atoms with Crippen molar-refractivity contribution in [1.82, 2.24) is 9.97 Å². The van der Waals surface area contributed by atoms with Gasteiger partial charge in [0.05, 0.1) is 0 Å². The van der Waals surface area contributed by atoms with Crippen molar-refractivity contribution in [3.63, 3.8) is 0 Å². The van der Waals surface area contributed by atoms with Crippen molar-refractivity contribution in [3.05, 3.63) is 48.4 Å². The van der Waals surface area contributed by atoms with Crippen LogP contribution in [0.15, 0.2) is 36.7 Å². The van der Waals surface area contributed by atoms with Gasteiger partial charge < -0.3 is 0 Å². The van der Waals surface area contributed by atoms with Gasteiger partial charge in [-0.05, 0) is 18.2 Å². The molecule has 0 N–H and O–H groups in total. The maximum Gasteiger partial charge on any atom is 0.213 e. The number of nitrogens with zero attached hydrogens (tertiary/aromatic N) is 2. The van der Waals surface area contributed by atoms with Gasteiger partial charge in [-0.1, -0.05) is 0 Å². The van der Waals surface area contributed by atoms with Gasteiger partial charge in [0.1, 0.15) is 11.5 Å². The Morgan fingerprint density at radius 2 is 1.86 bits per heavy atom. The van der Waals surface area contributed by atoms with E-state index in [1.165, 1.54) is 30.6 Å². The zero-order chi connectivity index (χ0) is 9.97. The fourth-order valence-corrected chi connectivity index (χ4v) is 1.15. The summed E-state index contributed by atoms with van der Waals surface area (Å²) in [4.78, 5) is 7.20. The van der Waals surface area contributed by atoms with E-state index in [2.05, 4.69) is 9.97 Å². The third-order valence-electron chi connectivity index (χ3n) is 1.76. The highest BCUT2D eigenvalue weighted by atomic mass is 19.1. The fraction of sp³-hybridized carbons (Fsp3) is 0. The summed E-state index contributed by atoms with van der Waals surface area (Å²) in [6.07, 6.45) is 2.73. The lowest BCUT2D eigenvalue weighted by molar-refractivity contribution is 0.583. The van der Waals surface area contributed by atoms with Crippen LogP contribution in [-0.4, -0.2) is 9.97 Å². The van der Waals surface area contributed by atoms with Gasteiger partial charge in [-0.3, -0.25) is 4.98 Å². The lowest BCUT2D eigenvalue weighted by Gasteiger charge is -2.00. The predicted molar refractivity (Wildman–Crippen MR) is 47.4 cm³/mol. The molecule has 14 heavy (non-hydrogen) atoms. The van der Waals surface area contributed by atoms with E-state index in [1.54, 1.807) is 0 Å². The quantitative estimate of drug-likeness (QED) is 0.648. The maximum atomic E-state index is 13.2. The van der Waals surface area contributed by atoms with Gasteiger partial charge in [-0.15, -0.1) is 0 Å². The summed E-state index contributed by atoms with van der Waals surface area (Å²) >= 11 is 0. The third kappa shape index (κ3) is 1.59. The molecule has 2 aromatic rings. The number of rotatable bonds is 1. The molecule has 0 atom stereocenters. The van der Waals surface area contributed by atoms with Crippen LogP contribution in [0.5, 0.6) is 0 Å². The Balaban J connectivity index is 2.55. The molecule has 0 fully saturated rings. The number of pyridine rings is 2. The Morgan fingerprint density at radius 3 is 2.57 bits per heavy atom. The zero-order valence-corrected chi connectivity index (χ0v) is 7.11. The van der Waals surface area contributed by atoms with Gasteiger partial charge in [0.15, 0.2) is 0 Å². The highest BCUT2D eigenvalue weighted by Crippen LogP contribution is 2.19. The number of hydrogen-bond donors (Lipinski definition) is 0. The van der Waals surface area contributed by atoms with Gasteiger partial charge >= 0.3 is 0 Å². The zero-order valence-electron chi connectivity index (χ0n) is 7.11. The van der Waals surface area contributed by atoms with Crippen LogP contribution in [0.4, 0.5) is 8.78 Å². The van der Waals surface area contributed by atoms with Crippen LogP contribution in [-0.2, 0) is 0 Å². The van der Waals surface area contributed by atoms with E-state index < -0.39 is 11.8 Å². The smallest absolute Gasteiger partial charge is 0.213 e. The minimum Gasteiger partial charge on any atom is -0.253 e. The standard InChI is InChI=1S/C10H6F2N2/c11-8-2-1-4-14-10(8)7-3-5-13-9(12)6-7/h1-6H. The van der Waals surface area contributed by atoms with Crippen molar-refractivity contribution in [3.8, 4) is 11.3 Å². The van der Waals surface area contributed by atoms with E-state index >= 15 is 0 Å². The molecule has 2 nitrogen and oxygen atoms in total.